The number of halogens is 2. The quantitative estimate of drug-likeness (QED) is 0.421. The number of nitrogens with zero attached hydrogens (tertiary/aromatic N) is 2. The highest BCUT2D eigenvalue weighted by molar-refractivity contribution is 9.10. The molecule has 4 aromatic rings. The minimum Gasteiger partial charge on any atom is -0.360 e. The second-order valence-electron chi connectivity index (χ2n) is 6.98. The van der Waals surface area contributed by atoms with Crippen molar-refractivity contribution in [2.45, 2.75) is 18.4 Å². The standard InChI is InChI=1S/C21H17BrFN3O4S/c1-13-9-19(25-30-13)24-20(27)12-31(28,29)18-11-26(17-8-3-2-6-15(17)18)10-14-5-4-7-16(22)21(14)23/h2-9,11H,10,12H2,1H3,(H,24,25,27). The van der Waals surface area contributed by atoms with E-state index in [-0.39, 0.29) is 17.3 Å². The lowest BCUT2D eigenvalue weighted by Crippen LogP contribution is -2.23. The molecule has 0 spiro atoms. The number of hydrogen-bond donors (Lipinski definition) is 1. The van der Waals surface area contributed by atoms with Gasteiger partial charge in [0.2, 0.25) is 5.91 Å². The Hall–Kier alpha value is -2.98. The van der Waals surface area contributed by atoms with Crippen molar-refractivity contribution in [1.82, 2.24) is 9.72 Å². The fourth-order valence-corrected chi connectivity index (χ4v) is 5.08. The monoisotopic (exact) mass is 505 g/mol. The Morgan fingerprint density at radius 2 is 2.00 bits per heavy atom. The molecule has 0 radical (unpaired) electrons. The number of amides is 1. The van der Waals surface area contributed by atoms with Crippen LogP contribution in [-0.2, 0) is 21.2 Å². The fourth-order valence-electron chi connectivity index (χ4n) is 3.30. The number of carbonyl (C=O) groups excluding carboxylic acids is 1. The third-order valence-corrected chi connectivity index (χ3v) is 6.93. The molecule has 1 amide bonds. The van der Waals surface area contributed by atoms with Crippen LogP contribution in [0.1, 0.15) is 11.3 Å². The number of nitrogens with one attached hydrogen (secondary N) is 1. The Labute approximate surface area is 185 Å². The Bertz CT molecular complexity index is 1390. The molecule has 10 heteroatoms. The molecule has 0 saturated carbocycles. The number of aryl methyl sites for hydroxylation is 1. The van der Waals surface area contributed by atoms with E-state index in [1.807, 2.05) is 0 Å². The van der Waals surface area contributed by atoms with E-state index < -0.39 is 27.3 Å². The smallest absolute Gasteiger partial charge is 0.241 e. The van der Waals surface area contributed by atoms with Gasteiger partial charge in [0.1, 0.15) is 17.3 Å². The summed E-state index contributed by atoms with van der Waals surface area (Å²) in [5.41, 5.74) is 1.02. The van der Waals surface area contributed by atoms with Crippen molar-refractivity contribution in [1.29, 1.82) is 0 Å². The van der Waals surface area contributed by atoms with E-state index in [0.717, 1.165) is 0 Å². The van der Waals surface area contributed by atoms with E-state index in [1.165, 1.54) is 12.3 Å². The number of fused-ring (bicyclic) bond motifs is 1. The molecule has 2 aromatic heterocycles. The molecule has 0 unspecified atom stereocenters. The van der Waals surface area contributed by atoms with E-state index >= 15 is 0 Å². The van der Waals surface area contributed by atoms with Gasteiger partial charge in [0.05, 0.1) is 15.9 Å². The van der Waals surface area contributed by atoms with Crippen molar-refractivity contribution < 1.29 is 22.1 Å². The number of carbonyl (C=O) groups is 1. The molecule has 2 heterocycles. The number of para-hydroxylation sites is 1. The first-order chi connectivity index (χ1) is 14.7. The van der Waals surface area contributed by atoms with Crippen molar-refractivity contribution in [3.63, 3.8) is 0 Å². The molecule has 0 aliphatic carbocycles. The summed E-state index contributed by atoms with van der Waals surface area (Å²) in [6.45, 7) is 1.79. The maximum Gasteiger partial charge on any atom is 0.241 e. The predicted octanol–water partition coefficient (Wildman–Crippen LogP) is 4.30. The molecule has 4 rings (SSSR count). The van der Waals surface area contributed by atoms with Crippen molar-refractivity contribution >= 4 is 48.4 Å². The van der Waals surface area contributed by atoms with Gasteiger partial charge in [-0.3, -0.25) is 4.79 Å². The summed E-state index contributed by atoms with van der Waals surface area (Å²) < 4.78 is 47.4. The zero-order chi connectivity index (χ0) is 22.2. The van der Waals surface area contributed by atoms with Gasteiger partial charge in [0.15, 0.2) is 15.7 Å². The summed E-state index contributed by atoms with van der Waals surface area (Å²) in [6.07, 6.45) is 1.44. The fraction of sp³-hybridized carbons (Fsp3) is 0.143. The van der Waals surface area contributed by atoms with Crippen LogP contribution >= 0.6 is 15.9 Å². The lowest BCUT2D eigenvalue weighted by Gasteiger charge is -2.07. The average Bonchev–Trinajstić information content (AvgIpc) is 3.29. The van der Waals surface area contributed by atoms with Gasteiger partial charge < -0.3 is 14.4 Å². The van der Waals surface area contributed by atoms with Crippen LogP contribution < -0.4 is 5.32 Å². The first-order valence-electron chi connectivity index (χ1n) is 9.21. The van der Waals surface area contributed by atoms with Crippen LogP contribution in [-0.4, -0.2) is 29.8 Å². The third-order valence-electron chi connectivity index (χ3n) is 4.68. The van der Waals surface area contributed by atoms with Crippen molar-refractivity contribution in [2.24, 2.45) is 0 Å². The third kappa shape index (κ3) is 4.40. The highest BCUT2D eigenvalue weighted by atomic mass is 79.9. The summed E-state index contributed by atoms with van der Waals surface area (Å²) in [4.78, 5) is 12.3. The Kier molecular flexibility index (Phi) is 5.67. The Morgan fingerprint density at radius 3 is 2.74 bits per heavy atom. The number of sulfone groups is 1. The number of aromatic nitrogens is 2. The van der Waals surface area contributed by atoms with Crippen molar-refractivity contribution in [2.75, 3.05) is 11.1 Å². The molecule has 0 fully saturated rings. The van der Waals surface area contributed by atoms with Crippen LogP contribution in [0.25, 0.3) is 10.9 Å². The summed E-state index contributed by atoms with van der Waals surface area (Å²) in [5, 5.41) is 6.50. The van der Waals surface area contributed by atoms with E-state index in [2.05, 4.69) is 26.4 Å². The largest absolute Gasteiger partial charge is 0.360 e. The number of hydrogen-bond acceptors (Lipinski definition) is 5. The first-order valence-corrected chi connectivity index (χ1v) is 11.7. The van der Waals surface area contributed by atoms with Gasteiger partial charge in [-0.25, -0.2) is 12.8 Å². The number of rotatable bonds is 6. The minimum absolute atomic E-state index is 0.00462. The lowest BCUT2D eigenvalue weighted by molar-refractivity contribution is -0.113. The van der Waals surface area contributed by atoms with Crippen molar-refractivity contribution in [3.8, 4) is 0 Å². The molecule has 7 nitrogen and oxygen atoms in total. The second-order valence-corrected chi connectivity index (χ2v) is 9.79. The van der Waals surface area contributed by atoms with Gasteiger partial charge in [-0.05, 0) is 35.0 Å². The van der Waals surface area contributed by atoms with Crippen LogP contribution in [0.2, 0.25) is 0 Å². The molecule has 160 valence electrons. The van der Waals surface area contributed by atoms with Crippen molar-refractivity contribution in [3.05, 3.63) is 76.3 Å². The highest BCUT2D eigenvalue weighted by Crippen LogP contribution is 2.28. The van der Waals surface area contributed by atoms with E-state index in [9.17, 15) is 17.6 Å². The van der Waals surface area contributed by atoms with Gasteiger partial charge in [0, 0.05) is 28.7 Å². The summed E-state index contributed by atoms with van der Waals surface area (Å²) in [5.74, 6) is -1.28. The Balaban J connectivity index is 1.67. The second kappa shape index (κ2) is 8.27. The molecule has 0 aliphatic rings. The molecule has 31 heavy (non-hydrogen) atoms. The maximum atomic E-state index is 14.5. The lowest BCUT2D eigenvalue weighted by atomic mass is 10.2. The van der Waals surface area contributed by atoms with Gasteiger partial charge in [-0.1, -0.05) is 35.5 Å². The first kappa shape index (κ1) is 21.3. The number of benzene rings is 2. The summed E-state index contributed by atoms with van der Waals surface area (Å²) in [7, 11) is -3.98. The molecule has 0 bridgehead atoms. The summed E-state index contributed by atoms with van der Waals surface area (Å²) >= 11 is 3.17. The SMILES string of the molecule is Cc1cc(NC(=O)CS(=O)(=O)c2cn(Cc3cccc(Br)c3F)c3ccccc23)no1. The van der Waals surface area contributed by atoms with Crippen LogP contribution in [0.4, 0.5) is 10.2 Å². The zero-order valence-corrected chi connectivity index (χ0v) is 18.7. The van der Waals surface area contributed by atoms with Gasteiger partial charge in [-0.2, -0.15) is 0 Å². The van der Waals surface area contributed by atoms with Crippen LogP contribution in [0.3, 0.4) is 0 Å². The highest BCUT2D eigenvalue weighted by Gasteiger charge is 2.25. The van der Waals surface area contributed by atoms with E-state index in [0.29, 0.717) is 26.7 Å². The molecular weight excluding hydrogens is 489 g/mol. The molecular formula is C21H17BrFN3O4S. The van der Waals surface area contributed by atoms with Gasteiger partial charge in [0.25, 0.3) is 0 Å². The molecule has 0 saturated heterocycles. The van der Waals surface area contributed by atoms with Crippen LogP contribution in [0.5, 0.6) is 0 Å². The van der Waals surface area contributed by atoms with E-state index in [4.69, 9.17) is 4.52 Å². The summed E-state index contributed by atoms with van der Waals surface area (Å²) in [6, 6.07) is 13.3. The van der Waals surface area contributed by atoms with Gasteiger partial charge >= 0.3 is 0 Å². The normalized spacial score (nSPS) is 11.7. The molecule has 0 aliphatic heterocycles. The molecule has 0 atom stereocenters. The average molecular weight is 506 g/mol. The van der Waals surface area contributed by atoms with Crippen LogP contribution in [0.15, 0.2) is 68.6 Å². The Morgan fingerprint density at radius 1 is 1.23 bits per heavy atom. The zero-order valence-electron chi connectivity index (χ0n) is 16.3. The molecule has 2 aromatic carbocycles. The van der Waals surface area contributed by atoms with Crippen LogP contribution in [0, 0.1) is 12.7 Å². The predicted molar refractivity (Wildman–Crippen MR) is 117 cm³/mol. The maximum absolute atomic E-state index is 14.5. The minimum atomic E-state index is -3.98. The topological polar surface area (TPSA) is 94.2 Å². The number of anilines is 1. The van der Waals surface area contributed by atoms with Gasteiger partial charge in [-0.15, -0.1) is 0 Å². The molecule has 1 N–H and O–H groups in total. The van der Waals surface area contributed by atoms with E-state index in [1.54, 1.807) is 54.0 Å².